The lowest BCUT2D eigenvalue weighted by Crippen LogP contribution is -2.19. The molecule has 1 fully saturated rings. The van der Waals surface area contributed by atoms with E-state index in [0.29, 0.717) is 17.5 Å². The SMILES string of the molecule is O=C(CSc1ccc2ccccc2c1)C1CCCCC1. The molecule has 0 saturated heterocycles. The molecule has 2 heteroatoms. The molecule has 1 nitrogen and oxygen atoms in total. The second kappa shape index (κ2) is 6.45. The van der Waals surface area contributed by atoms with Crippen LogP contribution in [0.1, 0.15) is 32.1 Å². The molecule has 0 heterocycles. The fraction of sp³-hybridized carbons (Fsp3) is 0.389. The molecule has 1 aliphatic rings. The Labute approximate surface area is 124 Å². The first-order valence-corrected chi connectivity index (χ1v) is 8.46. The number of hydrogen-bond donors (Lipinski definition) is 0. The molecule has 0 aromatic heterocycles. The minimum absolute atomic E-state index is 0.330. The highest BCUT2D eigenvalue weighted by Gasteiger charge is 2.20. The molecule has 1 saturated carbocycles. The molecule has 0 bridgehead atoms. The molecule has 0 aliphatic heterocycles. The average molecular weight is 284 g/mol. The Bertz CT molecular complexity index is 599. The van der Waals surface area contributed by atoms with Crippen molar-refractivity contribution in [2.75, 3.05) is 5.75 Å². The van der Waals surface area contributed by atoms with E-state index >= 15 is 0 Å². The summed E-state index contributed by atoms with van der Waals surface area (Å²) in [5.74, 6) is 1.41. The Morgan fingerprint density at radius 2 is 1.75 bits per heavy atom. The van der Waals surface area contributed by atoms with Crippen molar-refractivity contribution in [2.24, 2.45) is 5.92 Å². The van der Waals surface area contributed by atoms with Crippen molar-refractivity contribution >= 4 is 28.3 Å². The minimum atomic E-state index is 0.330. The predicted molar refractivity (Wildman–Crippen MR) is 86.3 cm³/mol. The van der Waals surface area contributed by atoms with Crippen molar-refractivity contribution in [3.8, 4) is 0 Å². The molecule has 3 rings (SSSR count). The molecule has 104 valence electrons. The van der Waals surface area contributed by atoms with Gasteiger partial charge in [0.05, 0.1) is 5.75 Å². The fourth-order valence-corrected chi connectivity index (χ4v) is 3.87. The summed E-state index contributed by atoms with van der Waals surface area (Å²) in [5.41, 5.74) is 0. The van der Waals surface area contributed by atoms with Gasteiger partial charge in [0.15, 0.2) is 0 Å². The van der Waals surface area contributed by atoms with E-state index in [4.69, 9.17) is 0 Å². The molecular formula is C18H20OS. The van der Waals surface area contributed by atoms with Crippen LogP contribution in [0.3, 0.4) is 0 Å². The maximum absolute atomic E-state index is 12.2. The first-order valence-electron chi connectivity index (χ1n) is 7.47. The predicted octanol–water partition coefficient (Wildman–Crippen LogP) is 5.08. The Kier molecular flexibility index (Phi) is 4.41. The highest BCUT2D eigenvalue weighted by Crippen LogP contribution is 2.28. The van der Waals surface area contributed by atoms with E-state index in [1.165, 1.54) is 34.9 Å². The maximum atomic E-state index is 12.2. The van der Waals surface area contributed by atoms with E-state index in [1.807, 2.05) is 0 Å². The van der Waals surface area contributed by atoms with Crippen molar-refractivity contribution in [1.29, 1.82) is 0 Å². The monoisotopic (exact) mass is 284 g/mol. The van der Waals surface area contributed by atoms with E-state index in [-0.39, 0.29) is 0 Å². The van der Waals surface area contributed by atoms with Gasteiger partial charge in [-0.2, -0.15) is 0 Å². The lowest BCUT2D eigenvalue weighted by Gasteiger charge is -2.19. The zero-order chi connectivity index (χ0) is 13.8. The summed E-state index contributed by atoms with van der Waals surface area (Å²) in [7, 11) is 0. The number of rotatable bonds is 4. The van der Waals surface area contributed by atoms with Gasteiger partial charge in [-0.25, -0.2) is 0 Å². The lowest BCUT2D eigenvalue weighted by atomic mass is 9.87. The summed E-state index contributed by atoms with van der Waals surface area (Å²) in [6, 6.07) is 14.8. The van der Waals surface area contributed by atoms with Gasteiger partial charge in [-0.05, 0) is 35.7 Å². The smallest absolute Gasteiger partial charge is 0.146 e. The highest BCUT2D eigenvalue weighted by atomic mass is 32.2. The van der Waals surface area contributed by atoms with E-state index < -0.39 is 0 Å². The number of ketones is 1. The number of carbonyl (C=O) groups is 1. The number of carbonyl (C=O) groups excluding carboxylic acids is 1. The number of thioether (sulfide) groups is 1. The van der Waals surface area contributed by atoms with Crippen molar-refractivity contribution in [1.82, 2.24) is 0 Å². The van der Waals surface area contributed by atoms with Gasteiger partial charge in [-0.3, -0.25) is 4.79 Å². The van der Waals surface area contributed by atoms with Crippen LogP contribution in [0.5, 0.6) is 0 Å². The summed E-state index contributed by atoms with van der Waals surface area (Å²) in [4.78, 5) is 13.4. The van der Waals surface area contributed by atoms with Gasteiger partial charge in [-0.1, -0.05) is 49.6 Å². The Morgan fingerprint density at radius 3 is 2.55 bits per heavy atom. The van der Waals surface area contributed by atoms with Gasteiger partial charge in [0.1, 0.15) is 5.78 Å². The number of fused-ring (bicyclic) bond motifs is 1. The standard InChI is InChI=1S/C18H20OS/c19-18(15-7-2-1-3-8-15)13-20-17-11-10-14-6-4-5-9-16(14)12-17/h4-6,9-12,15H,1-3,7-8,13H2. The average Bonchev–Trinajstić information content (AvgIpc) is 2.53. The van der Waals surface area contributed by atoms with Gasteiger partial charge in [0, 0.05) is 10.8 Å². The van der Waals surface area contributed by atoms with Gasteiger partial charge in [-0.15, -0.1) is 11.8 Å². The molecule has 20 heavy (non-hydrogen) atoms. The zero-order valence-corrected chi connectivity index (χ0v) is 12.5. The quantitative estimate of drug-likeness (QED) is 0.728. The third-order valence-electron chi connectivity index (χ3n) is 4.16. The summed E-state index contributed by atoms with van der Waals surface area (Å²) < 4.78 is 0. The molecule has 2 aromatic carbocycles. The van der Waals surface area contributed by atoms with Crippen molar-refractivity contribution in [2.45, 2.75) is 37.0 Å². The van der Waals surface area contributed by atoms with Gasteiger partial charge >= 0.3 is 0 Å². The van der Waals surface area contributed by atoms with Crippen molar-refractivity contribution in [3.05, 3.63) is 42.5 Å². The van der Waals surface area contributed by atoms with Crippen molar-refractivity contribution < 1.29 is 4.79 Å². The van der Waals surface area contributed by atoms with Crippen LogP contribution in [0.2, 0.25) is 0 Å². The summed E-state index contributed by atoms with van der Waals surface area (Å²) >= 11 is 1.69. The van der Waals surface area contributed by atoms with Crippen LogP contribution in [0.25, 0.3) is 10.8 Å². The van der Waals surface area contributed by atoms with Crippen LogP contribution in [-0.4, -0.2) is 11.5 Å². The molecule has 0 amide bonds. The van der Waals surface area contributed by atoms with E-state index in [1.54, 1.807) is 11.8 Å². The van der Waals surface area contributed by atoms with Crippen LogP contribution >= 0.6 is 11.8 Å². The van der Waals surface area contributed by atoms with Crippen LogP contribution < -0.4 is 0 Å². The number of benzene rings is 2. The first kappa shape index (κ1) is 13.7. The molecule has 0 spiro atoms. The molecule has 0 atom stereocenters. The zero-order valence-electron chi connectivity index (χ0n) is 11.7. The molecular weight excluding hydrogens is 264 g/mol. The van der Waals surface area contributed by atoms with Crippen molar-refractivity contribution in [3.63, 3.8) is 0 Å². The minimum Gasteiger partial charge on any atom is -0.298 e. The summed E-state index contributed by atoms with van der Waals surface area (Å²) in [6.45, 7) is 0. The first-order chi connectivity index (χ1) is 9.83. The fourth-order valence-electron chi connectivity index (χ4n) is 2.95. The van der Waals surface area contributed by atoms with Gasteiger partial charge in [0.2, 0.25) is 0 Å². The maximum Gasteiger partial charge on any atom is 0.146 e. The van der Waals surface area contributed by atoms with E-state index in [9.17, 15) is 4.79 Å². The second-order valence-electron chi connectivity index (χ2n) is 5.60. The molecule has 1 aliphatic carbocycles. The number of Topliss-reactive ketones (excluding diaryl/α,β-unsaturated/α-hetero) is 1. The Balaban J connectivity index is 1.62. The number of hydrogen-bond acceptors (Lipinski definition) is 2. The van der Waals surface area contributed by atoms with Gasteiger partial charge < -0.3 is 0 Å². The molecule has 0 N–H and O–H groups in total. The summed E-state index contributed by atoms with van der Waals surface area (Å²) in [6.07, 6.45) is 5.99. The molecule has 2 aromatic rings. The third-order valence-corrected chi connectivity index (χ3v) is 5.18. The van der Waals surface area contributed by atoms with E-state index in [2.05, 4.69) is 42.5 Å². The third kappa shape index (κ3) is 3.24. The van der Waals surface area contributed by atoms with Gasteiger partial charge in [0.25, 0.3) is 0 Å². The second-order valence-corrected chi connectivity index (χ2v) is 6.65. The Hall–Kier alpha value is -1.28. The molecule has 0 unspecified atom stereocenters. The Morgan fingerprint density at radius 1 is 1.00 bits per heavy atom. The molecule has 0 radical (unpaired) electrons. The van der Waals surface area contributed by atoms with Crippen LogP contribution in [0, 0.1) is 5.92 Å². The lowest BCUT2D eigenvalue weighted by molar-refractivity contribution is -0.121. The van der Waals surface area contributed by atoms with Crippen LogP contribution in [0.15, 0.2) is 47.4 Å². The van der Waals surface area contributed by atoms with E-state index in [0.717, 1.165) is 12.8 Å². The topological polar surface area (TPSA) is 17.1 Å². The highest BCUT2D eigenvalue weighted by molar-refractivity contribution is 8.00. The normalized spacial score (nSPS) is 16.4. The van der Waals surface area contributed by atoms with Crippen LogP contribution in [0.4, 0.5) is 0 Å². The summed E-state index contributed by atoms with van der Waals surface area (Å²) in [5, 5.41) is 2.51. The largest absolute Gasteiger partial charge is 0.298 e. The van der Waals surface area contributed by atoms with Crippen LogP contribution in [-0.2, 0) is 4.79 Å².